The molecule has 1 heterocycles. The Morgan fingerprint density at radius 2 is 1.77 bits per heavy atom. The molecule has 26 heavy (non-hydrogen) atoms. The average molecular weight is 377 g/mol. The molecule has 0 spiro atoms. The van der Waals surface area contributed by atoms with Crippen molar-refractivity contribution in [3.63, 3.8) is 0 Å². The first-order chi connectivity index (χ1) is 12.4. The van der Waals surface area contributed by atoms with Crippen LogP contribution in [0.15, 0.2) is 30.3 Å². The van der Waals surface area contributed by atoms with Gasteiger partial charge in [-0.2, -0.15) is 21.7 Å². The van der Waals surface area contributed by atoms with Crippen LogP contribution in [0.5, 0.6) is 23.5 Å². The third kappa shape index (κ3) is 5.26. The predicted molar refractivity (Wildman–Crippen MR) is 102 cm³/mol. The minimum atomic E-state index is -0.348. The summed E-state index contributed by atoms with van der Waals surface area (Å²) in [6.07, 6.45) is 2.00. The molecule has 0 saturated heterocycles. The lowest BCUT2D eigenvalue weighted by Gasteiger charge is -2.25. The zero-order chi connectivity index (χ0) is 19.2. The van der Waals surface area contributed by atoms with Gasteiger partial charge < -0.3 is 19.5 Å². The van der Waals surface area contributed by atoms with E-state index in [0.717, 1.165) is 5.75 Å². The number of nitrogens with zero attached hydrogens (tertiary/aromatic N) is 2. The van der Waals surface area contributed by atoms with Crippen LogP contribution in [-0.2, 0) is 0 Å². The summed E-state index contributed by atoms with van der Waals surface area (Å²) in [5.41, 5.74) is 0.0475. The van der Waals surface area contributed by atoms with E-state index in [0.29, 0.717) is 23.1 Å². The highest BCUT2D eigenvalue weighted by Gasteiger charge is 2.23. The van der Waals surface area contributed by atoms with Crippen LogP contribution in [0, 0.1) is 0 Å². The van der Waals surface area contributed by atoms with Crippen molar-refractivity contribution in [1.82, 2.24) is 15.3 Å². The summed E-state index contributed by atoms with van der Waals surface area (Å²) in [6.45, 7) is 3.95. The molecular formula is C18H23N3O4S. The third-order valence-corrected chi connectivity index (χ3v) is 4.38. The van der Waals surface area contributed by atoms with Crippen molar-refractivity contribution in [2.75, 3.05) is 26.2 Å². The summed E-state index contributed by atoms with van der Waals surface area (Å²) in [7, 11) is 2.97. The number of nitrogens with one attached hydrogen (secondary N) is 1. The fraction of sp³-hybridized carbons (Fsp3) is 0.389. The Balaban J connectivity index is 2.28. The van der Waals surface area contributed by atoms with Gasteiger partial charge >= 0.3 is 6.01 Å². The Morgan fingerprint density at radius 1 is 1.15 bits per heavy atom. The highest BCUT2D eigenvalue weighted by Crippen LogP contribution is 2.27. The molecule has 0 bridgehead atoms. The lowest BCUT2D eigenvalue weighted by atomic mass is 10.1. The molecule has 2 rings (SSSR count). The van der Waals surface area contributed by atoms with Crippen LogP contribution < -0.4 is 19.5 Å². The highest BCUT2D eigenvalue weighted by molar-refractivity contribution is 7.98. The summed E-state index contributed by atoms with van der Waals surface area (Å²) in [5, 5.41) is 3.01. The maximum absolute atomic E-state index is 12.7. The van der Waals surface area contributed by atoms with Gasteiger partial charge in [0.05, 0.1) is 25.8 Å². The van der Waals surface area contributed by atoms with Gasteiger partial charge in [-0.25, -0.2) is 0 Å². The van der Waals surface area contributed by atoms with E-state index in [1.165, 1.54) is 20.3 Å². The molecule has 0 aliphatic rings. The monoisotopic (exact) mass is 377 g/mol. The molecule has 0 aliphatic carbocycles. The zero-order valence-electron chi connectivity index (χ0n) is 15.5. The Kier molecular flexibility index (Phi) is 6.68. The van der Waals surface area contributed by atoms with Gasteiger partial charge in [-0.3, -0.25) is 4.79 Å². The van der Waals surface area contributed by atoms with Gasteiger partial charge in [0.15, 0.2) is 0 Å². The summed E-state index contributed by atoms with van der Waals surface area (Å²) in [4.78, 5) is 21.0. The quantitative estimate of drug-likeness (QED) is 0.756. The number of carbonyl (C=O) groups is 1. The Bertz CT molecular complexity index is 746. The van der Waals surface area contributed by atoms with E-state index < -0.39 is 0 Å². The number of ether oxygens (including phenoxy) is 3. The number of methoxy groups -OCH3 is 2. The average Bonchev–Trinajstić information content (AvgIpc) is 2.61. The second kappa shape index (κ2) is 8.75. The maximum atomic E-state index is 12.7. The van der Waals surface area contributed by atoms with Crippen molar-refractivity contribution in [2.24, 2.45) is 0 Å². The molecule has 1 aromatic heterocycles. The molecule has 140 valence electrons. The van der Waals surface area contributed by atoms with Gasteiger partial charge in [0.2, 0.25) is 11.8 Å². The molecule has 0 fully saturated rings. The van der Waals surface area contributed by atoms with Crippen molar-refractivity contribution >= 4 is 17.7 Å². The van der Waals surface area contributed by atoms with Crippen LogP contribution in [0.1, 0.15) is 24.2 Å². The van der Waals surface area contributed by atoms with Gasteiger partial charge in [-0.1, -0.05) is 12.1 Å². The molecule has 2 aromatic rings. The van der Waals surface area contributed by atoms with Crippen molar-refractivity contribution in [3.05, 3.63) is 35.9 Å². The van der Waals surface area contributed by atoms with Crippen LogP contribution in [-0.4, -0.2) is 47.6 Å². The lowest BCUT2D eigenvalue weighted by Crippen LogP contribution is -2.45. The predicted octanol–water partition coefficient (Wildman–Crippen LogP) is 3.16. The van der Waals surface area contributed by atoms with E-state index in [1.54, 1.807) is 36.0 Å². The van der Waals surface area contributed by atoms with Crippen LogP contribution in [0.4, 0.5) is 0 Å². The molecule has 8 heteroatoms. The summed E-state index contributed by atoms with van der Waals surface area (Å²) in [6, 6.07) is 8.50. The number of amides is 1. The molecule has 0 atom stereocenters. The third-order valence-electron chi connectivity index (χ3n) is 3.37. The standard InChI is InChI=1S/C18H23N3O4S/c1-18(2,11-26-5)21-16(22)12-8-6-7-9-13(12)25-17-19-14(23-3)10-15(20-17)24-4/h6-10H,11H2,1-5H3,(H,21,22). The highest BCUT2D eigenvalue weighted by atomic mass is 32.2. The summed E-state index contributed by atoms with van der Waals surface area (Å²) < 4.78 is 16.0. The number of hydrogen-bond acceptors (Lipinski definition) is 7. The van der Waals surface area contributed by atoms with Gasteiger partial charge in [0.25, 0.3) is 5.91 Å². The number of hydrogen-bond donors (Lipinski definition) is 1. The molecule has 1 N–H and O–H groups in total. The SMILES string of the molecule is COc1cc(OC)nc(Oc2ccccc2C(=O)NC(C)(C)CSC)n1. The van der Waals surface area contributed by atoms with E-state index in [2.05, 4.69) is 15.3 Å². The molecule has 1 amide bonds. The first kappa shape index (κ1) is 19.8. The van der Waals surface area contributed by atoms with E-state index in [-0.39, 0.29) is 17.5 Å². The van der Waals surface area contributed by atoms with Gasteiger partial charge in [0.1, 0.15) is 5.75 Å². The fourth-order valence-electron chi connectivity index (χ4n) is 2.25. The van der Waals surface area contributed by atoms with Crippen molar-refractivity contribution in [2.45, 2.75) is 19.4 Å². The van der Waals surface area contributed by atoms with E-state index >= 15 is 0 Å². The summed E-state index contributed by atoms with van der Waals surface area (Å²) in [5.74, 6) is 1.51. The van der Waals surface area contributed by atoms with E-state index in [9.17, 15) is 4.79 Å². The van der Waals surface area contributed by atoms with Crippen molar-refractivity contribution < 1.29 is 19.0 Å². The molecule has 0 aliphatic heterocycles. The van der Waals surface area contributed by atoms with Crippen LogP contribution in [0.25, 0.3) is 0 Å². The largest absolute Gasteiger partial charge is 0.481 e. The van der Waals surface area contributed by atoms with Crippen molar-refractivity contribution in [1.29, 1.82) is 0 Å². The van der Waals surface area contributed by atoms with E-state index in [4.69, 9.17) is 14.2 Å². The molecule has 7 nitrogen and oxygen atoms in total. The number of carbonyl (C=O) groups excluding carboxylic acids is 1. The zero-order valence-corrected chi connectivity index (χ0v) is 16.3. The second-order valence-corrected chi connectivity index (χ2v) is 6.97. The van der Waals surface area contributed by atoms with Crippen LogP contribution >= 0.6 is 11.8 Å². The minimum Gasteiger partial charge on any atom is -0.481 e. The second-order valence-electron chi connectivity index (χ2n) is 6.10. The van der Waals surface area contributed by atoms with E-state index in [1.807, 2.05) is 20.1 Å². The Morgan fingerprint density at radius 3 is 2.35 bits per heavy atom. The number of rotatable bonds is 8. The van der Waals surface area contributed by atoms with Gasteiger partial charge in [-0.15, -0.1) is 0 Å². The minimum absolute atomic E-state index is 0.0322. The number of thioether (sulfide) groups is 1. The maximum Gasteiger partial charge on any atom is 0.328 e. The Labute approximate surface area is 157 Å². The van der Waals surface area contributed by atoms with Crippen molar-refractivity contribution in [3.8, 4) is 23.5 Å². The molecule has 0 unspecified atom stereocenters. The number of aromatic nitrogens is 2. The fourth-order valence-corrected chi connectivity index (χ4v) is 3.05. The normalized spacial score (nSPS) is 11.0. The molecule has 0 saturated carbocycles. The van der Waals surface area contributed by atoms with Crippen LogP contribution in [0.2, 0.25) is 0 Å². The number of para-hydroxylation sites is 1. The molecular weight excluding hydrogens is 354 g/mol. The van der Waals surface area contributed by atoms with Gasteiger partial charge in [0, 0.05) is 11.3 Å². The number of benzene rings is 1. The van der Waals surface area contributed by atoms with Crippen LogP contribution in [0.3, 0.4) is 0 Å². The summed E-state index contributed by atoms with van der Waals surface area (Å²) >= 11 is 1.67. The smallest absolute Gasteiger partial charge is 0.328 e. The molecule has 1 aromatic carbocycles. The first-order valence-electron chi connectivity index (χ1n) is 7.94. The van der Waals surface area contributed by atoms with Gasteiger partial charge in [-0.05, 0) is 32.2 Å². The Hall–Kier alpha value is -2.48. The first-order valence-corrected chi connectivity index (χ1v) is 9.33. The molecule has 0 radical (unpaired) electrons. The topological polar surface area (TPSA) is 82.6 Å². The lowest BCUT2D eigenvalue weighted by molar-refractivity contribution is 0.0918.